The Morgan fingerprint density at radius 1 is 1.13 bits per heavy atom. The van der Waals surface area contributed by atoms with Crippen molar-refractivity contribution in [1.82, 2.24) is 5.32 Å². The van der Waals surface area contributed by atoms with Gasteiger partial charge in [-0.05, 0) is 50.1 Å². The van der Waals surface area contributed by atoms with Gasteiger partial charge < -0.3 is 5.32 Å². The molecule has 0 aromatic heterocycles. The van der Waals surface area contributed by atoms with E-state index >= 15 is 0 Å². The first-order valence-electron chi connectivity index (χ1n) is 5.99. The van der Waals surface area contributed by atoms with E-state index in [9.17, 15) is 8.42 Å². The third-order valence-corrected chi connectivity index (χ3v) is 5.93. The van der Waals surface area contributed by atoms with Crippen LogP contribution in [0.15, 0.2) is 0 Å². The van der Waals surface area contributed by atoms with E-state index in [4.69, 9.17) is 0 Å². The highest BCUT2D eigenvalue weighted by atomic mass is 32.2. The first-order chi connectivity index (χ1) is 7.08. The van der Waals surface area contributed by atoms with Gasteiger partial charge >= 0.3 is 0 Å². The maximum absolute atomic E-state index is 11.4. The van der Waals surface area contributed by atoms with Crippen LogP contribution in [0, 0.1) is 17.8 Å². The van der Waals surface area contributed by atoms with Gasteiger partial charge in [0.15, 0.2) is 9.84 Å². The van der Waals surface area contributed by atoms with Crippen LogP contribution in [0.5, 0.6) is 0 Å². The number of nitrogens with one attached hydrogen (secondary N) is 1. The lowest BCUT2D eigenvalue weighted by molar-refractivity contribution is 0.215. The molecule has 0 saturated carbocycles. The molecule has 2 aliphatic rings. The topological polar surface area (TPSA) is 46.2 Å². The Bertz CT molecular complexity index is 307. The van der Waals surface area contributed by atoms with Crippen LogP contribution in [-0.2, 0) is 9.84 Å². The fourth-order valence-corrected chi connectivity index (χ4v) is 4.94. The highest BCUT2D eigenvalue weighted by Gasteiger charge is 2.35. The normalized spacial score (nSPS) is 34.1. The SMILES string of the molecule is CC(C1CCNCC1)C1CCS(=O)(=O)C1. The number of hydrogen-bond acceptors (Lipinski definition) is 3. The second-order valence-electron chi connectivity index (χ2n) is 5.11. The van der Waals surface area contributed by atoms with E-state index in [0.717, 1.165) is 25.4 Å². The van der Waals surface area contributed by atoms with Crippen LogP contribution in [0.3, 0.4) is 0 Å². The van der Waals surface area contributed by atoms with Crippen molar-refractivity contribution in [1.29, 1.82) is 0 Å². The van der Waals surface area contributed by atoms with Gasteiger partial charge in [0.2, 0.25) is 0 Å². The van der Waals surface area contributed by atoms with E-state index in [1.54, 1.807) is 0 Å². The molecular weight excluding hydrogens is 210 g/mol. The van der Waals surface area contributed by atoms with Crippen LogP contribution in [-0.4, -0.2) is 33.0 Å². The number of piperidine rings is 1. The first kappa shape index (κ1) is 11.4. The molecule has 0 aromatic carbocycles. The number of hydrogen-bond donors (Lipinski definition) is 1. The van der Waals surface area contributed by atoms with Crippen LogP contribution < -0.4 is 5.32 Å². The Morgan fingerprint density at radius 2 is 1.80 bits per heavy atom. The van der Waals surface area contributed by atoms with Gasteiger partial charge in [-0.1, -0.05) is 6.92 Å². The smallest absolute Gasteiger partial charge is 0.150 e. The molecule has 0 amide bonds. The van der Waals surface area contributed by atoms with Crippen LogP contribution in [0.2, 0.25) is 0 Å². The molecule has 2 aliphatic heterocycles. The first-order valence-corrected chi connectivity index (χ1v) is 7.82. The summed E-state index contributed by atoms with van der Waals surface area (Å²) in [5.41, 5.74) is 0. The predicted molar refractivity (Wildman–Crippen MR) is 61.5 cm³/mol. The van der Waals surface area contributed by atoms with Crippen molar-refractivity contribution in [2.75, 3.05) is 24.6 Å². The van der Waals surface area contributed by atoms with E-state index in [1.807, 2.05) is 0 Å². The van der Waals surface area contributed by atoms with E-state index in [0.29, 0.717) is 23.3 Å². The average molecular weight is 231 g/mol. The molecule has 2 saturated heterocycles. The summed E-state index contributed by atoms with van der Waals surface area (Å²) in [5.74, 6) is 2.62. The lowest BCUT2D eigenvalue weighted by Crippen LogP contribution is -2.33. The Labute approximate surface area is 92.6 Å². The molecule has 0 bridgehead atoms. The van der Waals surface area contributed by atoms with Crippen LogP contribution in [0.4, 0.5) is 0 Å². The van der Waals surface area contributed by atoms with Crippen molar-refractivity contribution < 1.29 is 8.42 Å². The van der Waals surface area contributed by atoms with E-state index in [1.165, 1.54) is 12.8 Å². The highest BCUT2D eigenvalue weighted by Crippen LogP contribution is 2.34. The Balaban J connectivity index is 1.93. The van der Waals surface area contributed by atoms with Crippen molar-refractivity contribution in [3.63, 3.8) is 0 Å². The van der Waals surface area contributed by atoms with Crippen molar-refractivity contribution in [2.45, 2.75) is 26.2 Å². The minimum Gasteiger partial charge on any atom is -0.317 e. The maximum Gasteiger partial charge on any atom is 0.150 e. The van der Waals surface area contributed by atoms with Gasteiger partial charge in [0.05, 0.1) is 11.5 Å². The van der Waals surface area contributed by atoms with Gasteiger partial charge in [0.25, 0.3) is 0 Å². The summed E-state index contributed by atoms with van der Waals surface area (Å²) >= 11 is 0. The largest absolute Gasteiger partial charge is 0.317 e. The molecule has 2 heterocycles. The summed E-state index contributed by atoms with van der Waals surface area (Å²) in [7, 11) is -2.69. The van der Waals surface area contributed by atoms with Gasteiger partial charge in [-0.3, -0.25) is 0 Å². The monoisotopic (exact) mass is 231 g/mol. The van der Waals surface area contributed by atoms with Crippen LogP contribution in [0.1, 0.15) is 26.2 Å². The van der Waals surface area contributed by atoms with Crippen molar-refractivity contribution in [2.24, 2.45) is 17.8 Å². The van der Waals surface area contributed by atoms with Gasteiger partial charge in [0, 0.05) is 0 Å². The second-order valence-corrected chi connectivity index (χ2v) is 7.34. The fourth-order valence-electron chi connectivity index (χ4n) is 2.99. The van der Waals surface area contributed by atoms with Gasteiger partial charge in [0.1, 0.15) is 0 Å². The molecule has 0 aliphatic carbocycles. The summed E-state index contributed by atoms with van der Waals surface area (Å²) in [4.78, 5) is 0. The molecule has 0 spiro atoms. The van der Waals surface area contributed by atoms with Crippen LogP contribution >= 0.6 is 0 Å². The van der Waals surface area contributed by atoms with E-state index in [-0.39, 0.29) is 0 Å². The molecule has 2 atom stereocenters. The summed E-state index contributed by atoms with van der Waals surface area (Å²) in [6.07, 6.45) is 3.34. The molecule has 1 N–H and O–H groups in total. The van der Waals surface area contributed by atoms with E-state index in [2.05, 4.69) is 12.2 Å². The average Bonchev–Trinajstić information content (AvgIpc) is 2.59. The molecule has 15 heavy (non-hydrogen) atoms. The molecule has 0 radical (unpaired) electrons. The minimum absolute atomic E-state index is 0.424. The minimum atomic E-state index is -2.69. The summed E-state index contributed by atoms with van der Waals surface area (Å²) in [6, 6.07) is 0. The third kappa shape index (κ3) is 2.72. The molecule has 3 nitrogen and oxygen atoms in total. The maximum atomic E-state index is 11.4. The Kier molecular flexibility index (Phi) is 3.36. The van der Waals surface area contributed by atoms with E-state index < -0.39 is 9.84 Å². The zero-order valence-corrected chi connectivity index (χ0v) is 10.2. The molecule has 2 unspecified atom stereocenters. The van der Waals surface area contributed by atoms with Crippen molar-refractivity contribution >= 4 is 9.84 Å². The van der Waals surface area contributed by atoms with Gasteiger partial charge in [-0.2, -0.15) is 0 Å². The predicted octanol–water partition coefficient (Wildman–Crippen LogP) is 1.06. The van der Waals surface area contributed by atoms with Gasteiger partial charge in [-0.25, -0.2) is 8.42 Å². The molecule has 0 aromatic rings. The second kappa shape index (κ2) is 4.42. The standard InChI is InChI=1S/C11H21NO2S/c1-9(10-2-5-12-6-3-10)11-4-7-15(13,14)8-11/h9-12H,2-8H2,1H3. The summed E-state index contributed by atoms with van der Waals surface area (Å²) in [6.45, 7) is 4.46. The lowest BCUT2D eigenvalue weighted by atomic mass is 9.78. The van der Waals surface area contributed by atoms with Crippen molar-refractivity contribution in [3.8, 4) is 0 Å². The Morgan fingerprint density at radius 3 is 2.33 bits per heavy atom. The molecule has 2 fully saturated rings. The lowest BCUT2D eigenvalue weighted by Gasteiger charge is -2.31. The molecular formula is C11H21NO2S. The van der Waals surface area contributed by atoms with Crippen molar-refractivity contribution in [3.05, 3.63) is 0 Å². The zero-order valence-electron chi connectivity index (χ0n) is 9.41. The van der Waals surface area contributed by atoms with Gasteiger partial charge in [-0.15, -0.1) is 0 Å². The molecule has 4 heteroatoms. The zero-order chi connectivity index (χ0) is 10.9. The fraction of sp³-hybridized carbons (Fsp3) is 1.00. The highest BCUT2D eigenvalue weighted by molar-refractivity contribution is 7.91. The Hall–Kier alpha value is -0.0900. The van der Waals surface area contributed by atoms with Crippen LogP contribution in [0.25, 0.3) is 0 Å². The summed E-state index contributed by atoms with van der Waals surface area (Å²) in [5, 5.41) is 3.36. The number of sulfone groups is 1. The quantitative estimate of drug-likeness (QED) is 0.773. The number of rotatable bonds is 2. The summed E-state index contributed by atoms with van der Waals surface area (Å²) < 4.78 is 22.8. The molecule has 2 rings (SSSR count). The third-order valence-electron chi connectivity index (χ3n) is 4.14. The molecule has 88 valence electrons.